The number of thiazole rings is 1. The first kappa shape index (κ1) is 13.3. The molecule has 1 aliphatic heterocycles. The van der Waals surface area contributed by atoms with Gasteiger partial charge in [-0.15, -0.1) is 11.3 Å². The van der Waals surface area contributed by atoms with Crippen LogP contribution >= 0.6 is 11.3 Å². The third-order valence-corrected chi connectivity index (χ3v) is 5.45. The monoisotopic (exact) mass is 280 g/mol. The predicted octanol–water partition coefficient (Wildman–Crippen LogP) is 2.01. The highest BCUT2D eigenvalue weighted by Gasteiger charge is 2.27. The lowest BCUT2D eigenvalue weighted by Gasteiger charge is -2.27. The summed E-state index contributed by atoms with van der Waals surface area (Å²) in [7, 11) is 2.21. The van der Waals surface area contributed by atoms with Crippen molar-refractivity contribution in [3.8, 4) is 0 Å². The van der Waals surface area contributed by atoms with Gasteiger partial charge in [0.2, 0.25) is 0 Å². The highest BCUT2D eigenvalue weighted by atomic mass is 32.1. The van der Waals surface area contributed by atoms with E-state index in [9.17, 15) is 0 Å². The van der Waals surface area contributed by atoms with Gasteiger partial charge in [-0.1, -0.05) is 0 Å². The van der Waals surface area contributed by atoms with Gasteiger partial charge in [-0.05, 0) is 46.2 Å². The SMILES string of the molecule is CC1CN(C)CCCN1c1nc2c(s1)CCCC2N. The fraction of sp³-hybridized carbons (Fsp3) is 0.786. The van der Waals surface area contributed by atoms with Crippen LogP contribution in [-0.4, -0.2) is 42.6 Å². The smallest absolute Gasteiger partial charge is 0.186 e. The number of hydrogen-bond acceptors (Lipinski definition) is 5. The van der Waals surface area contributed by atoms with Gasteiger partial charge < -0.3 is 15.5 Å². The number of anilines is 1. The number of hydrogen-bond donors (Lipinski definition) is 1. The number of aromatic nitrogens is 1. The molecule has 2 N–H and O–H groups in total. The second kappa shape index (κ2) is 5.38. The predicted molar refractivity (Wildman–Crippen MR) is 80.9 cm³/mol. The van der Waals surface area contributed by atoms with Gasteiger partial charge in [-0.25, -0.2) is 4.98 Å². The van der Waals surface area contributed by atoms with Gasteiger partial charge in [0.1, 0.15) is 0 Å². The number of nitrogens with two attached hydrogens (primary N) is 1. The van der Waals surface area contributed by atoms with Gasteiger partial charge in [-0.3, -0.25) is 0 Å². The first-order valence-corrected chi connectivity index (χ1v) is 8.17. The van der Waals surface area contributed by atoms with E-state index in [0.29, 0.717) is 6.04 Å². The normalized spacial score (nSPS) is 29.1. The molecular weight excluding hydrogens is 256 g/mol. The van der Waals surface area contributed by atoms with Gasteiger partial charge in [0.15, 0.2) is 5.13 Å². The Bertz CT molecular complexity index is 445. The van der Waals surface area contributed by atoms with Crippen molar-refractivity contribution in [2.24, 2.45) is 5.73 Å². The highest BCUT2D eigenvalue weighted by molar-refractivity contribution is 7.15. The zero-order valence-corrected chi connectivity index (χ0v) is 12.7. The molecule has 2 aliphatic rings. The lowest BCUT2D eigenvalue weighted by molar-refractivity contribution is 0.337. The number of rotatable bonds is 1. The van der Waals surface area contributed by atoms with Crippen LogP contribution in [0.3, 0.4) is 0 Å². The van der Waals surface area contributed by atoms with Crippen LogP contribution in [0.1, 0.15) is 42.8 Å². The lowest BCUT2D eigenvalue weighted by atomic mass is 9.99. The van der Waals surface area contributed by atoms with Gasteiger partial charge in [0, 0.05) is 30.1 Å². The molecule has 1 aromatic heterocycles. The topological polar surface area (TPSA) is 45.4 Å². The molecule has 4 nitrogen and oxygen atoms in total. The van der Waals surface area contributed by atoms with Gasteiger partial charge >= 0.3 is 0 Å². The largest absolute Gasteiger partial charge is 0.344 e. The van der Waals surface area contributed by atoms with Crippen LogP contribution in [0.4, 0.5) is 5.13 Å². The van der Waals surface area contributed by atoms with E-state index >= 15 is 0 Å². The number of aryl methyl sites for hydroxylation is 1. The Labute approximate surface area is 119 Å². The molecule has 0 radical (unpaired) electrons. The van der Waals surface area contributed by atoms with Gasteiger partial charge in [0.25, 0.3) is 0 Å². The molecule has 0 amide bonds. The van der Waals surface area contributed by atoms with E-state index in [1.54, 1.807) is 0 Å². The van der Waals surface area contributed by atoms with Crippen LogP contribution in [0.25, 0.3) is 0 Å². The zero-order valence-electron chi connectivity index (χ0n) is 11.9. The first-order valence-electron chi connectivity index (χ1n) is 7.35. The number of nitrogens with zero attached hydrogens (tertiary/aromatic N) is 3. The second-order valence-electron chi connectivity index (χ2n) is 5.96. The lowest BCUT2D eigenvalue weighted by Crippen LogP contribution is -2.37. The summed E-state index contributed by atoms with van der Waals surface area (Å²) in [5.74, 6) is 0. The van der Waals surface area contributed by atoms with Crippen LogP contribution in [-0.2, 0) is 6.42 Å². The molecule has 1 aliphatic carbocycles. The minimum absolute atomic E-state index is 0.165. The summed E-state index contributed by atoms with van der Waals surface area (Å²) in [6.45, 7) is 5.73. The van der Waals surface area contributed by atoms with E-state index in [1.807, 2.05) is 11.3 Å². The number of fused-ring (bicyclic) bond motifs is 1. The maximum atomic E-state index is 6.19. The van der Waals surface area contributed by atoms with E-state index in [4.69, 9.17) is 10.7 Å². The number of likely N-dealkylation sites (N-methyl/N-ethyl adjacent to an activating group) is 1. The van der Waals surface area contributed by atoms with Crippen LogP contribution < -0.4 is 10.6 Å². The van der Waals surface area contributed by atoms with Crippen molar-refractivity contribution in [2.75, 3.05) is 31.6 Å². The van der Waals surface area contributed by atoms with Gasteiger partial charge in [0.05, 0.1) is 5.69 Å². The molecule has 1 fully saturated rings. The molecule has 0 bridgehead atoms. The average Bonchev–Trinajstić information content (AvgIpc) is 2.72. The second-order valence-corrected chi connectivity index (χ2v) is 7.02. The Kier molecular flexibility index (Phi) is 3.78. The molecule has 3 rings (SSSR count). The molecule has 2 atom stereocenters. The summed E-state index contributed by atoms with van der Waals surface area (Å²) < 4.78 is 0. The Hall–Kier alpha value is -0.650. The fourth-order valence-electron chi connectivity index (χ4n) is 3.22. The van der Waals surface area contributed by atoms with Crippen LogP contribution in [0.2, 0.25) is 0 Å². The molecule has 5 heteroatoms. The molecule has 1 saturated heterocycles. The van der Waals surface area contributed by atoms with Crippen LogP contribution in [0, 0.1) is 0 Å². The summed E-state index contributed by atoms with van der Waals surface area (Å²) in [4.78, 5) is 11.2. The minimum atomic E-state index is 0.165. The molecule has 106 valence electrons. The van der Waals surface area contributed by atoms with E-state index < -0.39 is 0 Å². The summed E-state index contributed by atoms with van der Waals surface area (Å²) in [6.07, 6.45) is 4.70. The third kappa shape index (κ3) is 2.64. The average molecular weight is 280 g/mol. The molecule has 2 heterocycles. The van der Waals surface area contributed by atoms with Crippen molar-refractivity contribution in [3.05, 3.63) is 10.6 Å². The highest BCUT2D eigenvalue weighted by Crippen LogP contribution is 2.36. The van der Waals surface area contributed by atoms with E-state index in [1.165, 1.54) is 41.5 Å². The van der Waals surface area contributed by atoms with Crippen molar-refractivity contribution in [3.63, 3.8) is 0 Å². The minimum Gasteiger partial charge on any atom is -0.344 e. The Morgan fingerprint density at radius 1 is 1.32 bits per heavy atom. The Morgan fingerprint density at radius 2 is 2.16 bits per heavy atom. The van der Waals surface area contributed by atoms with Crippen molar-refractivity contribution in [2.45, 2.75) is 44.7 Å². The summed E-state index contributed by atoms with van der Waals surface area (Å²) >= 11 is 1.88. The van der Waals surface area contributed by atoms with Crippen LogP contribution in [0.15, 0.2) is 0 Å². The van der Waals surface area contributed by atoms with E-state index in [-0.39, 0.29) is 6.04 Å². The molecule has 1 aromatic rings. The summed E-state index contributed by atoms with van der Waals surface area (Å²) in [6, 6.07) is 0.704. The standard InChI is InChI=1S/C14H24N4S/c1-10-9-17(2)7-4-8-18(10)14-16-13-11(15)5-3-6-12(13)19-14/h10-11H,3-9,15H2,1-2H3. The maximum Gasteiger partial charge on any atom is 0.186 e. The maximum absolute atomic E-state index is 6.19. The zero-order chi connectivity index (χ0) is 13.4. The summed E-state index contributed by atoms with van der Waals surface area (Å²) in [5, 5.41) is 1.20. The van der Waals surface area contributed by atoms with E-state index in [2.05, 4.69) is 23.8 Å². The molecule has 0 aromatic carbocycles. The molecular formula is C14H24N4S. The summed E-state index contributed by atoms with van der Waals surface area (Å²) in [5.41, 5.74) is 7.37. The fourth-order valence-corrected chi connectivity index (χ4v) is 4.52. The molecule has 0 spiro atoms. The van der Waals surface area contributed by atoms with Crippen molar-refractivity contribution in [1.82, 2.24) is 9.88 Å². The molecule has 2 unspecified atom stereocenters. The molecule has 19 heavy (non-hydrogen) atoms. The van der Waals surface area contributed by atoms with Gasteiger partial charge in [-0.2, -0.15) is 0 Å². The Balaban J connectivity index is 1.85. The van der Waals surface area contributed by atoms with Crippen molar-refractivity contribution in [1.29, 1.82) is 0 Å². The van der Waals surface area contributed by atoms with Crippen LogP contribution in [0.5, 0.6) is 0 Å². The first-order chi connectivity index (χ1) is 9.15. The van der Waals surface area contributed by atoms with Crippen molar-refractivity contribution >= 4 is 16.5 Å². The third-order valence-electron chi connectivity index (χ3n) is 4.28. The Morgan fingerprint density at radius 3 is 2.95 bits per heavy atom. The molecule has 0 saturated carbocycles. The van der Waals surface area contributed by atoms with Crippen molar-refractivity contribution < 1.29 is 0 Å². The van der Waals surface area contributed by atoms with E-state index in [0.717, 1.165) is 19.5 Å². The quantitative estimate of drug-likeness (QED) is 0.855.